The number of hydrogen-bond acceptors (Lipinski definition) is 0. The largest absolute Gasteiger partial charge is 0.273 e. The predicted octanol–water partition coefficient (Wildman–Crippen LogP) is 5.66. The van der Waals surface area contributed by atoms with E-state index in [-0.39, 0.29) is 30.2 Å². The summed E-state index contributed by atoms with van der Waals surface area (Å²) in [6.07, 6.45) is 18.5. The third kappa shape index (κ3) is 16.7. The molecule has 0 bridgehead atoms. The summed E-state index contributed by atoms with van der Waals surface area (Å²) in [4.78, 5) is 0. The van der Waals surface area contributed by atoms with Gasteiger partial charge in [-0.1, -0.05) is 26.2 Å². The van der Waals surface area contributed by atoms with E-state index in [1.165, 1.54) is 5.57 Å². The Morgan fingerprint density at radius 1 is 1.10 bits per heavy atom. The summed E-state index contributed by atoms with van der Waals surface area (Å²) in [6, 6.07) is 0. The van der Waals surface area contributed by atoms with Crippen LogP contribution in [0, 0.1) is 17.6 Å². The van der Waals surface area contributed by atoms with Crippen molar-refractivity contribution in [2.24, 2.45) is 5.41 Å². The Bertz CT molecular complexity index is 360. The van der Waals surface area contributed by atoms with E-state index >= 15 is 0 Å². The normalized spacial score (nSPS) is 14.1. The van der Waals surface area contributed by atoms with Crippen molar-refractivity contribution >= 4 is 30.2 Å². The quantitative estimate of drug-likeness (QED) is 0.359. The molecule has 0 amide bonds. The Kier molecular flexibility index (Phi) is 18.6. The van der Waals surface area contributed by atoms with Crippen LogP contribution in [0.25, 0.3) is 0 Å². The summed E-state index contributed by atoms with van der Waals surface area (Å²) in [7, 11) is 0. The molecule has 0 atom stereocenters. The molecule has 0 nitrogen and oxygen atoms in total. The van der Waals surface area contributed by atoms with Crippen LogP contribution in [-0.4, -0.2) is 5.43 Å². The van der Waals surface area contributed by atoms with Crippen LogP contribution >= 0.6 is 24.8 Å². The first-order valence-electron chi connectivity index (χ1n) is 6.34. The maximum Gasteiger partial charge on any atom is -0.109 e. The van der Waals surface area contributed by atoms with E-state index in [0.29, 0.717) is 5.41 Å². The van der Waals surface area contributed by atoms with Gasteiger partial charge in [0.25, 0.3) is 0 Å². The maximum atomic E-state index is 3.16. The summed E-state index contributed by atoms with van der Waals surface area (Å²) in [6.45, 7) is 11.3. The van der Waals surface area contributed by atoms with Crippen LogP contribution in [0.3, 0.4) is 0 Å². The number of rotatable bonds is 0. The van der Waals surface area contributed by atoms with Crippen LogP contribution in [0.2, 0.25) is 13.1 Å². The zero-order valence-electron chi connectivity index (χ0n) is 13.1. The van der Waals surface area contributed by atoms with Gasteiger partial charge in [-0.3, -0.25) is 12.2 Å². The first kappa shape index (κ1) is 25.6. The fourth-order valence-electron chi connectivity index (χ4n) is 1.26. The van der Waals surface area contributed by atoms with E-state index in [1.54, 1.807) is 23.3 Å². The van der Waals surface area contributed by atoms with Crippen molar-refractivity contribution in [2.45, 2.75) is 46.7 Å². The van der Waals surface area contributed by atoms with Crippen molar-refractivity contribution in [3.05, 3.63) is 48.1 Å². The van der Waals surface area contributed by atoms with Gasteiger partial charge in [0.05, 0.1) is 0 Å². The molecule has 0 radical (unpaired) electrons. The molecular weight excluding hydrogens is 382 g/mol. The zero-order chi connectivity index (χ0) is 14.0. The molecule has 0 N–H and O–H groups in total. The maximum absolute atomic E-state index is 3.16. The Morgan fingerprint density at radius 2 is 1.65 bits per heavy atom. The van der Waals surface area contributed by atoms with Crippen LogP contribution in [0.1, 0.15) is 33.6 Å². The first-order valence-corrected chi connectivity index (χ1v) is 12.5. The minimum absolute atomic E-state index is 0. The molecule has 0 saturated carbocycles. The molecule has 0 heterocycles. The third-order valence-corrected chi connectivity index (χ3v) is 2.15. The molecule has 20 heavy (non-hydrogen) atoms. The van der Waals surface area contributed by atoms with Gasteiger partial charge in [-0.2, -0.15) is 17.7 Å². The van der Waals surface area contributed by atoms with Gasteiger partial charge in [-0.15, -0.1) is 37.7 Å². The van der Waals surface area contributed by atoms with E-state index < -0.39 is 0 Å². The molecule has 0 spiro atoms. The van der Waals surface area contributed by atoms with Gasteiger partial charge in [0.15, 0.2) is 0 Å². The number of halogens is 2. The van der Waals surface area contributed by atoms with E-state index in [0.717, 1.165) is 12.8 Å². The predicted molar refractivity (Wildman–Crippen MR) is 93.5 cm³/mol. The molecular formula is C16H26Cl2SiZr. The molecule has 2 aliphatic rings. The standard InChI is InChI=1S/C9H13.C5H5.C2H6Si.2ClH.Zr/c1-9(2,3)8-6-4-5-7-8;1-2-4-5-3-1;1-3-2;;;/h6-7H,4H2,1-3H3;1-3H,4H2;1-2H3;2*1H;/q2*-1;;;;+2. The second kappa shape index (κ2) is 14.6. The van der Waals surface area contributed by atoms with E-state index in [2.05, 4.69) is 64.2 Å². The van der Waals surface area contributed by atoms with Gasteiger partial charge in [-0.25, -0.2) is 18.2 Å². The minimum atomic E-state index is 0. The Hall–Kier alpha value is 0.640. The second-order valence-corrected chi connectivity index (χ2v) is 14.8. The van der Waals surface area contributed by atoms with Crippen LogP contribution in [0.15, 0.2) is 36.0 Å². The smallest absolute Gasteiger partial charge is 0.109 e. The van der Waals surface area contributed by atoms with E-state index in [1.807, 2.05) is 12.2 Å². The van der Waals surface area contributed by atoms with Crippen LogP contribution in [-0.2, 0) is 23.3 Å². The van der Waals surface area contributed by atoms with Crippen LogP contribution in [0.4, 0.5) is 0 Å². The van der Waals surface area contributed by atoms with Crippen molar-refractivity contribution in [2.75, 3.05) is 0 Å². The van der Waals surface area contributed by atoms with Crippen molar-refractivity contribution in [1.82, 2.24) is 0 Å². The molecule has 4 heteroatoms. The van der Waals surface area contributed by atoms with E-state index in [9.17, 15) is 0 Å². The van der Waals surface area contributed by atoms with Gasteiger partial charge in [0, 0.05) is 0 Å². The molecule has 0 aromatic rings. The Morgan fingerprint density at radius 3 is 1.80 bits per heavy atom. The molecule has 2 aliphatic carbocycles. The van der Waals surface area contributed by atoms with Gasteiger partial charge < -0.3 is 0 Å². The van der Waals surface area contributed by atoms with Gasteiger partial charge >= 0.3 is 41.9 Å². The summed E-state index contributed by atoms with van der Waals surface area (Å²) >= 11 is 1.74. The van der Waals surface area contributed by atoms with Gasteiger partial charge in [-0.05, 0) is 0 Å². The molecule has 0 aromatic heterocycles. The zero-order valence-corrected chi connectivity index (χ0v) is 18.2. The summed E-state index contributed by atoms with van der Waals surface area (Å²) in [5, 5.41) is 0. The van der Waals surface area contributed by atoms with Crippen LogP contribution < -0.4 is 0 Å². The molecule has 0 unspecified atom stereocenters. The fraction of sp³-hybridized carbons (Fsp3) is 0.500. The average molecular weight is 409 g/mol. The first-order chi connectivity index (χ1) is 8.34. The fourth-order valence-corrected chi connectivity index (χ4v) is 1.26. The molecule has 2 rings (SSSR count). The van der Waals surface area contributed by atoms with Gasteiger partial charge in [0.1, 0.15) is 0 Å². The Balaban J connectivity index is -0.000000228. The minimum Gasteiger partial charge on any atom is -0.273 e. The molecule has 0 saturated heterocycles. The van der Waals surface area contributed by atoms with Crippen LogP contribution in [0.5, 0.6) is 0 Å². The van der Waals surface area contributed by atoms with Crippen molar-refractivity contribution in [1.29, 1.82) is 0 Å². The monoisotopic (exact) mass is 406 g/mol. The number of allylic oxidation sites excluding steroid dienone is 8. The molecule has 0 aromatic carbocycles. The summed E-state index contributed by atoms with van der Waals surface area (Å²) in [5.74, 6) is 0. The summed E-state index contributed by atoms with van der Waals surface area (Å²) in [5.41, 5.74) is 1.95. The van der Waals surface area contributed by atoms with Crippen molar-refractivity contribution < 1.29 is 23.3 Å². The van der Waals surface area contributed by atoms with Crippen molar-refractivity contribution in [3.63, 3.8) is 0 Å². The van der Waals surface area contributed by atoms with E-state index in [4.69, 9.17) is 0 Å². The van der Waals surface area contributed by atoms with Gasteiger partial charge in [0.2, 0.25) is 0 Å². The Labute approximate surface area is 153 Å². The molecule has 0 aliphatic heterocycles. The molecule has 112 valence electrons. The number of hydrogen-bond donors (Lipinski definition) is 0. The average Bonchev–Trinajstić information content (AvgIpc) is 2.93. The summed E-state index contributed by atoms with van der Waals surface area (Å²) < 4.78 is 0. The second-order valence-electron chi connectivity index (χ2n) is 5.47. The SMILES string of the molecule is CC(C)(C)C1=CC[C-]=C1.C[Si](C)=[Zr+2].Cl.Cl.[C-]1=CC=CC1. The van der Waals surface area contributed by atoms with Crippen molar-refractivity contribution in [3.8, 4) is 0 Å². The third-order valence-electron chi connectivity index (χ3n) is 2.15. The molecule has 0 fully saturated rings. The topological polar surface area (TPSA) is 0 Å².